The second-order valence-corrected chi connectivity index (χ2v) is 6.81. The first-order valence-corrected chi connectivity index (χ1v) is 8.87. The summed E-state index contributed by atoms with van der Waals surface area (Å²) in [5.41, 5.74) is 3.42. The fourth-order valence-electron chi connectivity index (χ4n) is 3.23. The van der Waals surface area contributed by atoms with E-state index >= 15 is 0 Å². The van der Waals surface area contributed by atoms with Gasteiger partial charge in [0.15, 0.2) is 0 Å². The molecule has 0 saturated heterocycles. The van der Waals surface area contributed by atoms with Crippen LogP contribution in [0.1, 0.15) is 29.5 Å². The zero-order chi connectivity index (χ0) is 18.7. The van der Waals surface area contributed by atoms with Crippen LogP contribution in [0.2, 0.25) is 0 Å². The molecule has 3 aromatic carbocycles. The van der Waals surface area contributed by atoms with Crippen molar-refractivity contribution >= 4 is 16.7 Å². The van der Waals surface area contributed by atoms with Gasteiger partial charge in [-0.1, -0.05) is 48.5 Å². The molecule has 0 aromatic heterocycles. The molecule has 0 aliphatic carbocycles. The maximum absolute atomic E-state index is 12.9. The lowest BCUT2D eigenvalue weighted by atomic mass is 9.96. The highest BCUT2D eigenvalue weighted by atomic mass is 16.5. The van der Waals surface area contributed by atoms with Gasteiger partial charge in [0, 0.05) is 13.6 Å². The van der Waals surface area contributed by atoms with Gasteiger partial charge in [-0.3, -0.25) is 4.79 Å². The second-order valence-electron chi connectivity index (χ2n) is 6.81. The predicted octanol–water partition coefficient (Wildman–Crippen LogP) is 4.92. The molecule has 0 spiro atoms. The van der Waals surface area contributed by atoms with Crippen molar-refractivity contribution in [2.24, 2.45) is 0 Å². The van der Waals surface area contributed by atoms with E-state index in [0.717, 1.165) is 22.1 Å². The fraction of sp³-hybridized carbons (Fsp3) is 0.261. The number of fused-ring (bicyclic) bond motifs is 1. The summed E-state index contributed by atoms with van der Waals surface area (Å²) in [4.78, 5) is 14.7. The van der Waals surface area contributed by atoms with E-state index in [1.807, 2.05) is 55.3 Å². The molecule has 0 aliphatic heterocycles. The SMILES string of the molecule is COc1ccc2cc([C@H](C)C(=O)N(C)Cc3ccccc3C)ccc2c1. The Morgan fingerprint density at radius 3 is 2.46 bits per heavy atom. The minimum atomic E-state index is -0.185. The third-order valence-electron chi connectivity index (χ3n) is 4.99. The van der Waals surface area contributed by atoms with Gasteiger partial charge in [-0.2, -0.15) is 0 Å². The molecule has 0 unspecified atom stereocenters. The number of hydrogen-bond donors (Lipinski definition) is 0. The number of carbonyl (C=O) groups is 1. The zero-order valence-corrected chi connectivity index (χ0v) is 15.8. The molecule has 26 heavy (non-hydrogen) atoms. The lowest BCUT2D eigenvalue weighted by molar-refractivity contribution is -0.131. The van der Waals surface area contributed by atoms with Crippen LogP contribution >= 0.6 is 0 Å². The number of methoxy groups -OCH3 is 1. The summed E-state index contributed by atoms with van der Waals surface area (Å²) >= 11 is 0. The molecule has 1 amide bonds. The van der Waals surface area contributed by atoms with E-state index in [4.69, 9.17) is 4.74 Å². The number of aryl methyl sites for hydroxylation is 1. The summed E-state index contributed by atoms with van der Waals surface area (Å²) in [7, 11) is 3.54. The average Bonchev–Trinajstić information content (AvgIpc) is 2.67. The van der Waals surface area contributed by atoms with Gasteiger partial charge in [-0.25, -0.2) is 0 Å². The molecule has 3 heteroatoms. The molecule has 0 saturated carbocycles. The van der Waals surface area contributed by atoms with Crippen LogP contribution in [-0.4, -0.2) is 25.0 Å². The minimum Gasteiger partial charge on any atom is -0.497 e. The number of carbonyl (C=O) groups excluding carboxylic acids is 1. The number of amides is 1. The Bertz CT molecular complexity index is 932. The van der Waals surface area contributed by atoms with E-state index in [0.29, 0.717) is 6.54 Å². The number of ether oxygens (including phenoxy) is 1. The maximum atomic E-state index is 12.9. The Kier molecular flexibility index (Phi) is 5.27. The first-order valence-electron chi connectivity index (χ1n) is 8.87. The molecule has 0 N–H and O–H groups in total. The maximum Gasteiger partial charge on any atom is 0.229 e. The van der Waals surface area contributed by atoms with Crippen molar-refractivity contribution in [2.75, 3.05) is 14.2 Å². The highest BCUT2D eigenvalue weighted by Crippen LogP contribution is 2.26. The molecular formula is C23H25NO2. The zero-order valence-electron chi connectivity index (χ0n) is 15.8. The van der Waals surface area contributed by atoms with E-state index in [1.165, 1.54) is 11.1 Å². The quantitative estimate of drug-likeness (QED) is 0.656. The summed E-state index contributed by atoms with van der Waals surface area (Å²) < 4.78 is 5.28. The van der Waals surface area contributed by atoms with Crippen LogP contribution < -0.4 is 4.74 Å². The van der Waals surface area contributed by atoms with E-state index in [9.17, 15) is 4.79 Å². The van der Waals surface area contributed by atoms with Crippen LogP contribution in [0, 0.1) is 6.92 Å². The van der Waals surface area contributed by atoms with Crippen molar-refractivity contribution in [2.45, 2.75) is 26.3 Å². The molecule has 0 heterocycles. The van der Waals surface area contributed by atoms with Gasteiger partial charge in [0.25, 0.3) is 0 Å². The molecular weight excluding hydrogens is 322 g/mol. The Labute approximate surface area is 155 Å². The largest absolute Gasteiger partial charge is 0.497 e. The van der Waals surface area contributed by atoms with Gasteiger partial charge >= 0.3 is 0 Å². The number of rotatable bonds is 5. The van der Waals surface area contributed by atoms with Crippen LogP contribution in [0.25, 0.3) is 10.8 Å². The highest BCUT2D eigenvalue weighted by Gasteiger charge is 2.20. The molecule has 134 valence electrons. The Balaban J connectivity index is 1.79. The average molecular weight is 347 g/mol. The fourth-order valence-corrected chi connectivity index (χ4v) is 3.23. The standard InChI is InChI=1S/C23H25NO2/c1-16-7-5-6-8-21(16)15-24(3)23(25)17(2)18-9-10-20-14-22(26-4)12-11-19(20)13-18/h5-14,17H,15H2,1-4H3/t17-/m0/s1. The van der Waals surface area contributed by atoms with Crippen molar-refractivity contribution in [1.29, 1.82) is 0 Å². The smallest absolute Gasteiger partial charge is 0.229 e. The van der Waals surface area contributed by atoms with Crippen molar-refractivity contribution in [3.63, 3.8) is 0 Å². The number of likely N-dealkylation sites (N-methyl/N-ethyl adjacent to an activating group) is 1. The number of hydrogen-bond acceptors (Lipinski definition) is 2. The summed E-state index contributed by atoms with van der Waals surface area (Å²) in [6, 6.07) is 20.4. The van der Waals surface area contributed by atoms with E-state index in [2.05, 4.69) is 31.2 Å². The van der Waals surface area contributed by atoms with E-state index in [1.54, 1.807) is 7.11 Å². The van der Waals surface area contributed by atoms with Gasteiger partial charge in [-0.05, 0) is 53.4 Å². The molecule has 3 nitrogen and oxygen atoms in total. The summed E-state index contributed by atoms with van der Waals surface area (Å²) in [6.45, 7) is 4.68. The summed E-state index contributed by atoms with van der Waals surface area (Å²) in [6.07, 6.45) is 0. The summed E-state index contributed by atoms with van der Waals surface area (Å²) in [5, 5.41) is 2.23. The summed E-state index contributed by atoms with van der Waals surface area (Å²) in [5.74, 6) is 0.781. The monoisotopic (exact) mass is 347 g/mol. The topological polar surface area (TPSA) is 29.5 Å². The lowest BCUT2D eigenvalue weighted by Gasteiger charge is -2.23. The first kappa shape index (κ1) is 18.0. The van der Waals surface area contributed by atoms with E-state index in [-0.39, 0.29) is 11.8 Å². The molecule has 0 fully saturated rings. The minimum absolute atomic E-state index is 0.126. The normalized spacial score (nSPS) is 12.0. The number of benzene rings is 3. The molecule has 3 aromatic rings. The van der Waals surface area contributed by atoms with Gasteiger partial charge < -0.3 is 9.64 Å². The molecule has 0 aliphatic rings. The van der Waals surface area contributed by atoms with Crippen molar-refractivity contribution in [3.8, 4) is 5.75 Å². The van der Waals surface area contributed by atoms with Crippen LogP contribution in [0.5, 0.6) is 5.75 Å². The van der Waals surface area contributed by atoms with Crippen molar-refractivity contribution in [1.82, 2.24) is 4.90 Å². The third-order valence-corrected chi connectivity index (χ3v) is 4.99. The van der Waals surface area contributed by atoms with Crippen molar-refractivity contribution < 1.29 is 9.53 Å². The van der Waals surface area contributed by atoms with Gasteiger partial charge in [0.05, 0.1) is 13.0 Å². The molecule has 3 rings (SSSR count). The van der Waals surface area contributed by atoms with Gasteiger partial charge in [-0.15, -0.1) is 0 Å². The van der Waals surface area contributed by atoms with Crippen LogP contribution in [0.4, 0.5) is 0 Å². The third kappa shape index (κ3) is 3.72. The van der Waals surface area contributed by atoms with Crippen LogP contribution in [0.15, 0.2) is 60.7 Å². The predicted molar refractivity (Wildman–Crippen MR) is 107 cm³/mol. The van der Waals surface area contributed by atoms with E-state index < -0.39 is 0 Å². The number of nitrogens with zero attached hydrogens (tertiary/aromatic N) is 1. The van der Waals surface area contributed by atoms with Crippen LogP contribution in [-0.2, 0) is 11.3 Å². The highest BCUT2D eigenvalue weighted by molar-refractivity contribution is 5.88. The van der Waals surface area contributed by atoms with Crippen molar-refractivity contribution in [3.05, 3.63) is 77.4 Å². The molecule has 0 bridgehead atoms. The Morgan fingerprint density at radius 2 is 1.73 bits per heavy atom. The lowest BCUT2D eigenvalue weighted by Crippen LogP contribution is -2.30. The van der Waals surface area contributed by atoms with Gasteiger partial charge in [0.2, 0.25) is 5.91 Å². The Hall–Kier alpha value is -2.81. The van der Waals surface area contributed by atoms with Gasteiger partial charge in [0.1, 0.15) is 5.75 Å². The Morgan fingerprint density at radius 1 is 1.04 bits per heavy atom. The first-order chi connectivity index (χ1) is 12.5. The van der Waals surface area contributed by atoms with Crippen LogP contribution in [0.3, 0.4) is 0 Å². The second kappa shape index (κ2) is 7.61. The molecule has 1 atom stereocenters. The molecule has 0 radical (unpaired) electrons.